The standard InChI is InChI=1S/C22H31NO2/c1-13(24)20-14(12-23)10-19-17-5-4-15-11-16(25)6-8-21(15,2)18(17)7-9-22(19,20)3/h4,14,16-20,25H,5-11H2,1-3H3/t14-,16+,17-,18-,19-,20-,21+,22+/m1/s1. The Bertz CT molecular complexity index is 661. The zero-order chi connectivity index (χ0) is 18.0. The number of carbonyl (C=O) groups is 1. The van der Waals surface area contributed by atoms with Gasteiger partial charge in [0.05, 0.1) is 18.1 Å². The van der Waals surface area contributed by atoms with Gasteiger partial charge in [-0.2, -0.15) is 5.26 Å². The first-order valence-corrected chi connectivity index (χ1v) is 10.1. The van der Waals surface area contributed by atoms with E-state index in [1.165, 1.54) is 12.0 Å². The van der Waals surface area contributed by atoms with E-state index in [-0.39, 0.29) is 34.6 Å². The van der Waals surface area contributed by atoms with E-state index in [9.17, 15) is 15.2 Å². The highest BCUT2D eigenvalue weighted by Crippen LogP contribution is 2.67. The summed E-state index contributed by atoms with van der Waals surface area (Å²) in [6, 6.07) is 2.47. The third-order valence-corrected chi connectivity index (χ3v) is 8.74. The number of fused-ring (bicyclic) bond motifs is 5. The van der Waals surface area contributed by atoms with Gasteiger partial charge < -0.3 is 5.11 Å². The van der Waals surface area contributed by atoms with Crippen LogP contribution in [0.5, 0.6) is 0 Å². The molecule has 0 aromatic carbocycles. The summed E-state index contributed by atoms with van der Waals surface area (Å²) in [5, 5.41) is 19.8. The normalized spacial score (nSPS) is 51.6. The lowest BCUT2D eigenvalue weighted by atomic mass is 9.47. The number of Topliss-reactive ketones (excluding diaryl/α,β-unsaturated/α-hetero) is 1. The zero-order valence-corrected chi connectivity index (χ0v) is 15.8. The van der Waals surface area contributed by atoms with Crippen molar-refractivity contribution in [2.75, 3.05) is 0 Å². The van der Waals surface area contributed by atoms with Gasteiger partial charge in [-0.15, -0.1) is 0 Å². The van der Waals surface area contributed by atoms with Crippen molar-refractivity contribution >= 4 is 5.78 Å². The number of hydrogen-bond donors (Lipinski definition) is 1. The van der Waals surface area contributed by atoms with E-state index >= 15 is 0 Å². The van der Waals surface area contributed by atoms with Crippen molar-refractivity contribution in [3.63, 3.8) is 0 Å². The molecule has 0 amide bonds. The fraction of sp³-hybridized carbons (Fsp3) is 0.818. The van der Waals surface area contributed by atoms with Crippen LogP contribution < -0.4 is 0 Å². The third kappa shape index (κ3) is 2.29. The monoisotopic (exact) mass is 341 g/mol. The molecule has 4 aliphatic carbocycles. The highest BCUT2D eigenvalue weighted by atomic mass is 16.3. The van der Waals surface area contributed by atoms with E-state index in [4.69, 9.17) is 0 Å². The first kappa shape index (κ1) is 17.3. The van der Waals surface area contributed by atoms with Crippen LogP contribution in [0.2, 0.25) is 0 Å². The summed E-state index contributed by atoms with van der Waals surface area (Å²) in [7, 11) is 0. The maximum absolute atomic E-state index is 12.4. The van der Waals surface area contributed by atoms with Crippen LogP contribution in [0.3, 0.4) is 0 Å². The Hall–Kier alpha value is -1.14. The molecule has 0 bridgehead atoms. The number of nitriles is 1. The van der Waals surface area contributed by atoms with Gasteiger partial charge in [-0.1, -0.05) is 25.5 Å². The smallest absolute Gasteiger partial charge is 0.134 e. The Kier molecular flexibility index (Phi) is 3.93. The quantitative estimate of drug-likeness (QED) is 0.725. The van der Waals surface area contributed by atoms with Crippen molar-refractivity contribution < 1.29 is 9.90 Å². The van der Waals surface area contributed by atoms with E-state index < -0.39 is 0 Å². The minimum Gasteiger partial charge on any atom is -0.393 e. The molecule has 4 rings (SSSR count). The second-order valence-electron chi connectivity index (χ2n) is 9.76. The molecule has 3 heteroatoms. The molecule has 0 aliphatic heterocycles. The van der Waals surface area contributed by atoms with Crippen LogP contribution >= 0.6 is 0 Å². The maximum Gasteiger partial charge on any atom is 0.134 e. The molecule has 0 unspecified atom stereocenters. The molecule has 0 heterocycles. The second-order valence-corrected chi connectivity index (χ2v) is 9.76. The summed E-state index contributed by atoms with van der Waals surface area (Å²) >= 11 is 0. The van der Waals surface area contributed by atoms with E-state index in [2.05, 4.69) is 26.0 Å². The highest BCUT2D eigenvalue weighted by molar-refractivity contribution is 5.80. The maximum atomic E-state index is 12.4. The topological polar surface area (TPSA) is 61.1 Å². The fourth-order valence-electron chi connectivity index (χ4n) is 7.56. The zero-order valence-electron chi connectivity index (χ0n) is 15.8. The average molecular weight is 341 g/mol. The molecule has 8 atom stereocenters. The molecule has 136 valence electrons. The Morgan fingerprint density at radius 2 is 2.04 bits per heavy atom. The van der Waals surface area contributed by atoms with Crippen LogP contribution in [0.4, 0.5) is 0 Å². The number of carbonyl (C=O) groups excluding carboxylic acids is 1. The number of aliphatic hydroxyl groups excluding tert-OH is 1. The molecule has 0 spiro atoms. The fourth-order valence-corrected chi connectivity index (χ4v) is 7.56. The van der Waals surface area contributed by atoms with Gasteiger partial charge in [0.2, 0.25) is 0 Å². The largest absolute Gasteiger partial charge is 0.393 e. The summed E-state index contributed by atoms with van der Waals surface area (Å²) in [6.07, 6.45) is 9.32. The average Bonchev–Trinajstić information content (AvgIpc) is 2.88. The van der Waals surface area contributed by atoms with Crippen molar-refractivity contribution in [1.82, 2.24) is 0 Å². The van der Waals surface area contributed by atoms with E-state index in [1.807, 2.05) is 0 Å². The van der Waals surface area contributed by atoms with Crippen LogP contribution in [0.25, 0.3) is 0 Å². The SMILES string of the molecule is CC(=O)[C@@H]1[C@@H](C#N)C[C@@H]2[C@@H]3CC=C4C[C@@H](O)CC[C@]4(C)[C@@H]3CC[C@@]21C. The molecule has 3 saturated carbocycles. The van der Waals surface area contributed by atoms with Crippen molar-refractivity contribution in [2.24, 2.45) is 40.4 Å². The predicted octanol–water partition coefficient (Wildman–Crippen LogP) is 4.26. The summed E-state index contributed by atoms with van der Waals surface area (Å²) in [5.41, 5.74) is 1.71. The van der Waals surface area contributed by atoms with Crippen LogP contribution in [0, 0.1) is 51.8 Å². The lowest BCUT2D eigenvalue weighted by Gasteiger charge is -2.57. The van der Waals surface area contributed by atoms with Gasteiger partial charge in [0.25, 0.3) is 0 Å². The van der Waals surface area contributed by atoms with Crippen LogP contribution in [0.1, 0.15) is 65.7 Å². The van der Waals surface area contributed by atoms with Crippen molar-refractivity contribution in [2.45, 2.75) is 71.8 Å². The Labute approximate surface area is 151 Å². The summed E-state index contributed by atoms with van der Waals surface area (Å²) in [4.78, 5) is 12.4. The predicted molar refractivity (Wildman–Crippen MR) is 96.4 cm³/mol. The molecule has 0 aromatic rings. The van der Waals surface area contributed by atoms with Crippen LogP contribution in [0.15, 0.2) is 11.6 Å². The van der Waals surface area contributed by atoms with Crippen LogP contribution in [-0.4, -0.2) is 17.0 Å². The Morgan fingerprint density at radius 1 is 1.28 bits per heavy atom. The number of nitrogens with zero attached hydrogens (tertiary/aromatic N) is 1. The summed E-state index contributed by atoms with van der Waals surface area (Å²) in [5.74, 6) is 1.79. The van der Waals surface area contributed by atoms with Gasteiger partial charge in [-0.25, -0.2) is 0 Å². The molecule has 0 radical (unpaired) electrons. The van der Waals surface area contributed by atoms with Gasteiger partial charge in [-0.05, 0) is 80.5 Å². The molecular weight excluding hydrogens is 310 g/mol. The highest BCUT2D eigenvalue weighted by Gasteiger charge is 2.62. The molecule has 25 heavy (non-hydrogen) atoms. The van der Waals surface area contributed by atoms with E-state index in [1.54, 1.807) is 6.92 Å². The lowest BCUT2D eigenvalue weighted by molar-refractivity contribution is -0.128. The number of ketones is 1. The van der Waals surface area contributed by atoms with Gasteiger partial charge >= 0.3 is 0 Å². The molecular formula is C22H31NO2. The third-order valence-electron chi connectivity index (χ3n) is 8.74. The minimum absolute atomic E-state index is 0.00325. The Balaban J connectivity index is 1.70. The molecule has 4 aliphatic rings. The summed E-state index contributed by atoms with van der Waals surface area (Å²) < 4.78 is 0. The van der Waals surface area contributed by atoms with Crippen molar-refractivity contribution in [3.8, 4) is 6.07 Å². The lowest BCUT2D eigenvalue weighted by Crippen LogP contribution is -2.51. The van der Waals surface area contributed by atoms with Gasteiger partial charge in [0, 0.05) is 5.92 Å². The Morgan fingerprint density at radius 3 is 2.72 bits per heavy atom. The molecule has 1 N–H and O–H groups in total. The van der Waals surface area contributed by atoms with Crippen molar-refractivity contribution in [3.05, 3.63) is 11.6 Å². The number of aliphatic hydroxyl groups is 1. The summed E-state index contributed by atoms with van der Waals surface area (Å²) in [6.45, 7) is 6.41. The molecule has 3 fully saturated rings. The van der Waals surface area contributed by atoms with E-state index in [0.29, 0.717) is 17.8 Å². The first-order chi connectivity index (χ1) is 11.8. The van der Waals surface area contributed by atoms with Crippen LogP contribution in [-0.2, 0) is 4.79 Å². The number of allylic oxidation sites excluding steroid dienone is 1. The van der Waals surface area contributed by atoms with E-state index in [0.717, 1.165) is 38.5 Å². The number of rotatable bonds is 1. The van der Waals surface area contributed by atoms with Gasteiger partial charge in [-0.3, -0.25) is 4.79 Å². The second kappa shape index (κ2) is 5.68. The van der Waals surface area contributed by atoms with Crippen molar-refractivity contribution in [1.29, 1.82) is 5.26 Å². The molecule has 0 aromatic heterocycles. The molecule has 0 saturated heterocycles. The van der Waals surface area contributed by atoms with Gasteiger partial charge in [0.15, 0.2) is 0 Å². The number of hydrogen-bond acceptors (Lipinski definition) is 3. The molecule has 3 nitrogen and oxygen atoms in total. The minimum atomic E-state index is -0.165. The first-order valence-electron chi connectivity index (χ1n) is 10.1. The van der Waals surface area contributed by atoms with Gasteiger partial charge in [0.1, 0.15) is 5.78 Å².